The summed E-state index contributed by atoms with van der Waals surface area (Å²) < 4.78 is 25.0. The number of hydrogen-bond acceptors (Lipinski definition) is 14. The van der Waals surface area contributed by atoms with E-state index in [1.807, 2.05) is 127 Å². The normalized spacial score (nSPS) is 12.2. The molecule has 0 saturated carbocycles. The Balaban J connectivity index is 0.000000138. The van der Waals surface area contributed by atoms with Crippen molar-refractivity contribution in [1.82, 2.24) is 49.6 Å². The lowest BCUT2D eigenvalue weighted by atomic mass is 9.90. The number of pyridine rings is 2. The highest BCUT2D eigenvalue weighted by molar-refractivity contribution is 7.19. The van der Waals surface area contributed by atoms with Gasteiger partial charge in [0.15, 0.2) is 11.2 Å². The number of rotatable bonds is 0. The first kappa shape index (κ1) is 78.9. The molecule has 16 heteroatoms. The third-order valence-electron chi connectivity index (χ3n) is 16.5. The molecule has 0 atom stereocenters. The monoisotopic (exact) mass is 1450 g/mol. The molecule has 0 aliphatic heterocycles. The highest BCUT2D eigenvalue weighted by atomic mass is 32.1. The summed E-state index contributed by atoms with van der Waals surface area (Å²) in [5, 5.41) is 18.7. The van der Waals surface area contributed by atoms with E-state index in [2.05, 4.69) is 289 Å². The Kier molecular flexibility index (Phi) is 24.3. The van der Waals surface area contributed by atoms with Crippen LogP contribution in [0.15, 0.2) is 208 Å². The average molecular weight is 1450 g/mol. The lowest BCUT2D eigenvalue weighted by molar-refractivity contribution is 0.411. The highest BCUT2D eigenvalue weighted by Crippen LogP contribution is 2.37. The number of aromatic nitrogens is 10. The Labute approximate surface area is 627 Å². The summed E-state index contributed by atoms with van der Waals surface area (Å²) in [6, 6.07) is 57.1. The van der Waals surface area contributed by atoms with E-state index in [1.54, 1.807) is 29.1 Å². The van der Waals surface area contributed by atoms with Gasteiger partial charge in [-0.3, -0.25) is 15.1 Å². The van der Waals surface area contributed by atoms with Crippen molar-refractivity contribution in [2.45, 2.75) is 209 Å². The number of fused-ring (bicyclic) bond motifs is 8. The van der Waals surface area contributed by atoms with Gasteiger partial charge in [-0.25, -0.2) is 15.0 Å². The number of aromatic amines is 2. The lowest BCUT2D eigenvalue weighted by Crippen LogP contribution is -2.12. The van der Waals surface area contributed by atoms with Crippen LogP contribution in [0.2, 0.25) is 0 Å². The molecular weight excluding hydrogens is 1340 g/mol. The van der Waals surface area contributed by atoms with E-state index in [0.29, 0.717) is 0 Å². The van der Waals surface area contributed by atoms with Gasteiger partial charge in [0.1, 0.15) is 22.7 Å². The summed E-state index contributed by atoms with van der Waals surface area (Å²) >= 11 is 5.25. The summed E-state index contributed by atoms with van der Waals surface area (Å²) in [4.78, 5) is 26.5. The Morgan fingerprint density at radius 3 is 1.50 bits per heavy atom. The molecule has 0 bridgehead atoms. The summed E-state index contributed by atoms with van der Waals surface area (Å²) in [6.07, 6.45) is 7.36. The van der Waals surface area contributed by atoms with Gasteiger partial charge in [0, 0.05) is 105 Å². The Morgan fingerprint density at radius 2 is 0.933 bits per heavy atom. The second-order valence-electron chi connectivity index (χ2n) is 34.3. The number of oxazole rings is 1. The molecule has 0 saturated heterocycles. The van der Waals surface area contributed by atoms with Gasteiger partial charge in [0.25, 0.3) is 0 Å². The minimum absolute atomic E-state index is 0.0149. The topological polar surface area (TPSA) is 174 Å². The third kappa shape index (κ3) is 20.8. The number of benzene rings is 6. The van der Waals surface area contributed by atoms with Crippen molar-refractivity contribution in [2.24, 2.45) is 0 Å². The minimum Gasteiger partial charge on any atom is -0.460 e. The van der Waals surface area contributed by atoms with Crippen LogP contribution in [0, 0.1) is 0 Å². The van der Waals surface area contributed by atoms with E-state index in [1.165, 1.54) is 51.5 Å². The molecular formula is C88H106N10O3S3. The number of furan rings is 1. The smallest absolute Gasteiger partial charge is 0.200 e. The number of para-hydroxylation sites is 7. The van der Waals surface area contributed by atoms with Crippen molar-refractivity contribution in [1.29, 1.82) is 0 Å². The summed E-state index contributed by atoms with van der Waals surface area (Å²) in [6.45, 7) is 52.1. The molecule has 0 spiro atoms. The van der Waals surface area contributed by atoms with Crippen molar-refractivity contribution in [3.05, 3.63) is 239 Å². The molecule has 0 amide bonds. The standard InChI is InChI=1S/2C11H14N2.3C11H13NO.3C11H13NS/c1-11(2,3)10-12-8-6-4-5-7-9(8)13-10;1-11(2,3)10-8-6-4-5-7-9(8)12-13-10;1-11(2,3)10-6-8-7-12-5-4-9(8)13-10;1-11(2,3)10-12-8-6-4-5-7-9(8)13-10;1-11(2,3)10-8-6-4-5-7-9(8)13-12-10;1-11(2,3)10-6-8-7-12-5-4-9(8)13-10;1-11(2,3)10-12-8-6-4-5-7-9(8)13-10;1-11(2,3)10-8-6-4-5-7-9(8)13-12-10/h2*4-7H,1-3H3,(H,12,13);6*4-7H,1-3H3. The zero-order valence-corrected chi connectivity index (χ0v) is 68.0. The van der Waals surface area contributed by atoms with Gasteiger partial charge >= 0.3 is 0 Å². The first-order valence-corrected chi connectivity index (χ1v) is 38.0. The quantitative estimate of drug-likeness (QED) is 0.148. The molecule has 104 heavy (non-hydrogen) atoms. The number of hydrogen-bond donors (Lipinski definition) is 2. The number of thiazole rings is 1. The third-order valence-corrected chi connectivity index (χ3v) is 20.3. The van der Waals surface area contributed by atoms with Gasteiger partial charge in [-0.05, 0) is 102 Å². The number of imidazole rings is 1. The van der Waals surface area contributed by atoms with Gasteiger partial charge in [-0.1, -0.05) is 256 Å². The fraction of sp³-hybridized carbons (Fsp3) is 0.364. The number of nitrogens with zero attached hydrogens (tertiary/aromatic N) is 8. The van der Waals surface area contributed by atoms with E-state index >= 15 is 0 Å². The molecule has 0 unspecified atom stereocenters. The molecule has 2 N–H and O–H groups in total. The maximum atomic E-state index is 5.69. The van der Waals surface area contributed by atoms with Crippen molar-refractivity contribution in [3.8, 4) is 0 Å². The maximum absolute atomic E-state index is 5.69. The van der Waals surface area contributed by atoms with Crippen LogP contribution < -0.4 is 0 Å². The van der Waals surface area contributed by atoms with Crippen LogP contribution in [0.25, 0.3) is 85.4 Å². The fourth-order valence-electron chi connectivity index (χ4n) is 10.6. The van der Waals surface area contributed by atoms with E-state index in [9.17, 15) is 0 Å². The summed E-state index contributed by atoms with van der Waals surface area (Å²) in [7, 11) is 0. The summed E-state index contributed by atoms with van der Waals surface area (Å²) in [5.74, 6) is 2.86. The van der Waals surface area contributed by atoms with Crippen LogP contribution in [-0.2, 0) is 43.3 Å². The van der Waals surface area contributed by atoms with Crippen LogP contribution in [0.3, 0.4) is 0 Å². The largest absolute Gasteiger partial charge is 0.460 e. The van der Waals surface area contributed by atoms with Gasteiger partial charge in [0.2, 0.25) is 5.89 Å². The van der Waals surface area contributed by atoms with Gasteiger partial charge in [-0.15, -0.1) is 22.7 Å². The number of nitrogens with one attached hydrogen (secondary N) is 2. The molecule has 0 radical (unpaired) electrons. The molecule has 6 aromatic carbocycles. The Morgan fingerprint density at radius 1 is 0.375 bits per heavy atom. The molecule has 0 aliphatic carbocycles. The molecule has 16 rings (SSSR count). The SMILES string of the molecule is CC(C)(C)c1[nH]nc2ccccc12.CC(C)(C)c1cc2cnccc2o1.CC(C)(C)c1cc2cnccc2s1.CC(C)(C)c1nc2ccccc2[nH]1.CC(C)(C)c1nc2ccccc2o1.CC(C)(C)c1nc2ccccc2s1.CC(C)(C)c1noc2ccccc12.CC(C)(C)c1nsc2ccccc12. The second-order valence-corrected chi connectivity index (χ2v) is 37.2. The highest BCUT2D eigenvalue weighted by Gasteiger charge is 2.25. The van der Waals surface area contributed by atoms with E-state index in [0.717, 1.165) is 78.3 Å². The van der Waals surface area contributed by atoms with Crippen molar-refractivity contribution in [3.63, 3.8) is 0 Å². The molecule has 544 valence electrons. The van der Waals surface area contributed by atoms with Gasteiger partial charge in [-0.2, -0.15) is 9.47 Å². The first-order valence-electron chi connectivity index (χ1n) is 35.6. The predicted octanol–water partition coefficient (Wildman–Crippen LogP) is 25.9. The van der Waals surface area contributed by atoms with Crippen LogP contribution in [0.4, 0.5) is 0 Å². The predicted molar refractivity (Wildman–Crippen MR) is 443 cm³/mol. The average Bonchev–Trinajstić information content (AvgIpc) is 1.66. The van der Waals surface area contributed by atoms with E-state index in [4.69, 9.17) is 13.4 Å². The Bertz CT molecular complexity index is 4520. The maximum Gasteiger partial charge on any atom is 0.200 e. The van der Waals surface area contributed by atoms with Gasteiger partial charge in [0.05, 0.1) is 47.9 Å². The molecule has 10 heterocycles. The number of thiophene rings is 1. The van der Waals surface area contributed by atoms with Crippen molar-refractivity contribution < 1.29 is 13.4 Å². The van der Waals surface area contributed by atoms with Crippen molar-refractivity contribution in [2.75, 3.05) is 0 Å². The zero-order chi connectivity index (χ0) is 75.8. The zero-order valence-electron chi connectivity index (χ0n) is 65.5. The van der Waals surface area contributed by atoms with Crippen molar-refractivity contribution >= 4 is 120 Å². The first-order chi connectivity index (χ1) is 48.6. The van der Waals surface area contributed by atoms with Crippen LogP contribution in [-0.4, -0.2) is 49.6 Å². The van der Waals surface area contributed by atoms with E-state index in [-0.39, 0.29) is 43.3 Å². The molecule has 10 aromatic heterocycles. The van der Waals surface area contributed by atoms with Gasteiger partial charge < -0.3 is 18.3 Å². The lowest BCUT2D eigenvalue weighted by Gasteiger charge is -2.16. The minimum atomic E-state index is -0.0149. The summed E-state index contributed by atoms with van der Waals surface area (Å²) in [5.41, 5.74) is 12.3. The Hall–Kier alpha value is -9.22. The molecule has 16 aromatic rings. The second kappa shape index (κ2) is 32.0. The number of H-pyrrole nitrogens is 2. The molecule has 0 aliphatic rings. The molecule has 13 nitrogen and oxygen atoms in total. The fourth-order valence-corrected chi connectivity index (χ4v) is 13.7. The van der Waals surface area contributed by atoms with Crippen LogP contribution >= 0.6 is 34.2 Å². The molecule has 0 fully saturated rings. The van der Waals surface area contributed by atoms with Crippen LogP contribution in [0.1, 0.15) is 211 Å². The van der Waals surface area contributed by atoms with Crippen LogP contribution in [0.5, 0.6) is 0 Å². The van der Waals surface area contributed by atoms with E-state index < -0.39 is 0 Å².